The van der Waals surface area contributed by atoms with Crippen molar-refractivity contribution < 1.29 is 23.1 Å². The average Bonchev–Trinajstić information content (AvgIpc) is 3.01. The maximum atomic E-state index is 14.0. The minimum absolute atomic E-state index is 0.0792. The zero-order valence-corrected chi connectivity index (χ0v) is 20.9. The zero-order valence-electron chi connectivity index (χ0n) is 20.9. The largest absolute Gasteiger partial charge is 0.351 e. The average molecular weight is 520 g/mol. The molecule has 1 fully saturated rings. The molecule has 0 spiro atoms. The summed E-state index contributed by atoms with van der Waals surface area (Å²) in [5.74, 6) is -2.62. The predicted octanol–water partition coefficient (Wildman–Crippen LogP) is 4.34. The third-order valence-electron chi connectivity index (χ3n) is 7.28. The molecule has 2 amide bonds. The van der Waals surface area contributed by atoms with E-state index >= 15 is 0 Å². The number of amides is 2. The zero-order chi connectivity index (χ0) is 27.0. The Morgan fingerprint density at radius 3 is 2.66 bits per heavy atom. The third kappa shape index (κ3) is 4.77. The third-order valence-corrected chi connectivity index (χ3v) is 7.28. The van der Waals surface area contributed by atoms with E-state index in [1.807, 2.05) is 37.3 Å². The number of nitrogens with zero attached hydrogens (tertiary/aromatic N) is 2. The molecule has 3 heterocycles. The Kier molecular flexibility index (Phi) is 6.71. The van der Waals surface area contributed by atoms with Gasteiger partial charge in [-0.3, -0.25) is 14.4 Å². The first-order chi connectivity index (χ1) is 18.2. The van der Waals surface area contributed by atoms with Crippen LogP contribution in [0, 0.1) is 11.6 Å². The highest BCUT2D eigenvalue weighted by Gasteiger charge is 2.45. The molecule has 2 aromatic carbocycles. The van der Waals surface area contributed by atoms with Crippen LogP contribution in [0.1, 0.15) is 57.8 Å². The number of benzene rings is 2. The normalized spacial score (nSPS) is 20.6. The number of nitrogens with one attached hydrogen (secondary N) is 1. The number of hydrogen-bond donors (Lipinski definition) is 1. The maximum absolute atomic E-state index is 14.0. The van der Waals surface area contributed by atoms with Gasteiger partial charge in [0.2, 0.25) is 0 Å². The van der Waals surface area contributed by atoms with E-state index in [0.29, 0.717) is 19.4 Å². The molecule has 2 unspecified atom stereocenters. The molecule has 196 valence electrons. The first-order valence-electron chi connectivity index (χ1n) is 12.3. The second-order valence-corrected chi connectivity index (χ2v) is 9.80. The molecule has 0 saturated carbocycles. The van der Waals surface area contributed by atoms with Gasteiger partial charge in [-0.25, -0.2) is 8.78 Å². The minimum atomic E-state index is -0.915. The molecule has 2 aliphatic heterocycles. The molecule has 2 aliphatic rings. The van der Waals surface area contributed by atoms with Crippen molar-refractivity contribution in [2.45, 2.75) is 44.7 Å². The number of pyridine rings is 1. The van der Waals surface area contributed by atoms with Crippen molar-refractivity contribution in [1.82, 2.24) is 14.8 Å². The summed E-state index contributed by atoms with van der Waals surface area (Å²) >= 11 is 0. The Morgan fingerprint density at radius 1 is 1.16 bits per heavy atom. The number of ether oxygens (including phenoxy) is 1. The van der Waals surface area contributed by atoms with Crippen molar-refractivity contribution in [3.8, 4) is 0 Å². The fourth-order valence-corrected chi connectivity index (χ4v) is 4.96. The number of carbonyl (C=O) groups excluding carboxylic acids is 2. The fraction of sp³-hybridized carbons (Fsp3) is 0.276. The fourth-order valence-electron chi connectivity index (χ4n) is 4.96. The number of carbonyl (C=O) groups is 2. The molecule has 9 heteroatoms. The molecule has 3 aromatic rings. The number of halogens is 2. The first kappa shape index (κ1) is 25.5. The Hall–Kier alpha value is -4.11. The van der Waals surface area contributed by atoms with Gasteiger partial charge in [0.1, 0.15) is 28.6 Å². The molecule has 1 aromatic heterocycles. The van der Waals surface area contributed by atoms with Crippen LogP contribution in [0.25, 0.3) is 0 Å². The van der Waals surface area contributed by atoms with Gasteiger partial charge in [-0.1, -0.05) is 48.6 Å². The summed E-state index contributed by atoms with van der Waals surface area (Å²) in [6.45, 7) is 6.46. The van der Waals surface area contributed by atoms with Crippen LogP contribution in [0.5, 0.6) is 0 Å². The Bertz CT molecular complexity index is 1490. The maximum Gasteiger partial charge on any atom is 0.272 e. The molecule has 1 N–H and O–H groups in total. The predicted molar refractivity (Wildman–Crippen MR) is 136 cm³/mol. The Morgan fingerprint density at radius 2 is 1.92 bits per heavy atom. The van der Waals surface area contributed by atoms with Crippen LogP contribution < -0.4 is 10.7 Å². The van der Waals surface area contributed by atoms with Crippen LogP contribution in [-0.2, 0) is 17.9 Å². The van der Waals surface area contributed by atoms with Gasteiger partial charge in [0.05, 0.1) is 12.6 Å². The standard InChI is InChI=1S/C29H27F2N3O4/c1-18-10-11-29(2,38-17-19-6-4-3-5-7-19)34-16-25(18)33-15-22(26(35)13-24(33)28(34)37)27(36)32-14-20-8-9-21(30)12-23(20)31/h3-9,12-13,15,25H,1,10-11,14,16-17H2,2H3,(H,32,36). The smallest absolute Gasteiger partial charge is 0.272 e. The lowest BCUT2D eigenvalue weighted by Crippen LogP contribution is -2.55. The van der Waals surface area contributed by atoms with E-state index < -0.39 is 28.7 Å². The topological polar surface area (TPSA) is 80.6 Å². The molecule has 1 saturated heterocycles. The van der Waals surface area contributed by atoms with Gasteiger partial charge in [0.25, 0.3) is 11.8 Å². The molecule has 2 bridgehead atoms. The van der Waals surface area contributed by atoms with Crippen molar-refractivity contribution in [2.24, 2.45) is 0 Å². The van der Waals surface area contributed by atoms with Crippen LogP contribution in [-0.4, -0.2) is 33.6 Å². The van der Waals surface area contributed by atoms with Gasteiger partial charge >= 0.3 is 0 Å². The number of fused-ring (bicyclic) bond motifs is 4. The number of rotatable bonds is 6. The molecular weight excluding hydrogens is 492 g/mol. The van der Waals surface area contributed by atoms with Crippen LogP contribution in [0.15, 0.2) is 77.7 Å². The number of hydrogen-bond acceptors (Lipinski definition) is 4. The Labute approximate surface area is 218 Å². The molecule has 2 atom stereocenters. The van der Waals surface area contributed by atoms with Crippen molar-refractivity contribution in [1.29, 1.82) is 0 Å². The summed E-state index contributed by atoms with van der Waals surface area (Å²) in [6.07, 6.45) is 2.47. The van der Waals surface area contributed by atoms with Crippen molar-refractivity contribution in [2.75, 3.05) is 6.54 Å². The molecule has 0 radical (unpaired) electrons. The first-order valence-corrected chi connectivity index (χ1v) is 12.3. The summed E-state index contributed by atoms with van der Waals surface area (Å²) in [7, 11) is 0. The van der Waals surface area contributed by atoms with Gasteiger partial charge < -0.3 is 19.5 Å². The van der Waals surface area contributed by atoms with E-state index in [1.54, 1.807) is 9.47 Å². The molecule has 38 heavy (non-hydrogen) atoms. The SMILES string of the molecule is C=C1CCC(C)(OCc2ccccc2)N2CC1n1cc(C(=O)NCc3ccc(F)cc3F)c(=O)cc1C2=O. The van der Waals surface area contributed by atoms with E-state index in [0.717, 1.165) is 29.3 Å². The highest BCUT2D eigenvalue weighted by atomic mass is 19.1. The lowest BCUT2D eigenvalue weighted by atomic mass is 10.0. The molecular formula is C29H27F2N3O4. The van der Waals surface area contributed by atoms with E-state index in [-0.39, 0.29) is 41.9 Å². The minimum Gasteiger partial charge on any atom is -0.351 e. The second kappa shape index (κ2) is 9.98. The highest BCUT2D eigenvalue weighted by molar-refractivity contribution is 5.97. The van der Waals surface area contributed by atoms with Gasteiger partial charge in [-0.05, 0) is 31.4 Å². The van der Waals surface area contributed by atoms with Crippen molar-refractivity contribution >= 4 is 11.8 Å². The van der Waals surface area contributed by atoms with Crippen molar-refractivity contribution in [3.05, 3.63) is 117 Å². The Balaban J connectivity index is 1.41. The van der Waals surface area contributed by atoms with Crippen LogP contribution in [0.4, 0.5) is 8.78 Å². The summed E-state index contributed by atoms with van der Waals surface area (Å²) in [6, 6.07) is 13.5. The highest BCUT2D eigenvalue weighted by Crippen LogP contribution is 2.39. The molecule has 7 nitrogen and oxygen atoms in total. The summed E-state index contributed by atoms with van der Waals surface area (Å²) < 4.78 is 35.1. The number of aromatic nitrogens is 1. The van der Waals surface area contributed by atoms with Crippen LogP contribution in [0.3, 0.4) is 0 Å². The van der Waals surface area contributed by atoms with Crippen LogP contribution >= 0.6 is 0 Å². The van der Waals surface area contributed by atoms with E-state index in [2.05, 4.69) is 11.9 Å². The quantitative estimate of drug-likeness (QED) is 0.492. The van der Waals surface area contributed by atoms with Gasteiger partial charge in [0.15, 0.2) is 5.43 Å². The van der Waals surface area contributed by atoms with Gasteiger partial charge in [-0.15, -0.1) is 0 Å². The van der Waals surface area contributed by atoms with E-state index in [9.17, 15) is 23.2 Å². The molecule has 5 rings (SSSR count). The molecule has 0 aliphatic carbocycles. The monoisotopic (exact) mass is 519 g/mol. The summed E-state index contributed by atoms with van der Waals surface area (Å²) in [4.78, 5) is 41.1. The van der Waals surface area contributed by atoms with Crippen LogP contribution in [0.2, 0.25) is 0 Å². The summed E-state index contributed by atoms with van der Waals surface area (Å²) in [5, 5.41) is 2.51. The van der Waals surface area contributed by atoms with E-state index in [4.69, 9.17) is 4.74 Å². The van der Waals surface area contributed by atoms with Crippen molar-refractivity contribution in [3.63, 3.8) is 0 Å². The van der Waals surface area contributed by atoms with Gasteiger partial charge in [0, 0.05) is 37.0 Å². The lowest BCUT2D eigenvalue weighted by Gasteiger charge is -2.44. The summed E-state index contributed by atoms with van der Waals surface area (Å²) in [5.41, 5.74) is 0.309. The lowest BCUT2D eigenvalue weighted by molar-refractivity contribution is -0.138. The van der Waals surface area contributed by atoms with Gasteiger partial charge in [-0.2, -0.15) is 0 Å². The second-order valence-electron chi connectivity index (χ2n) is 9.80. The van der Waals surface area contributed by atoms with E-state index in [1.165, 1.54) is 12.3 Å².